The predicted octanol–water partition coefficient (Wildman–Crippen LogP) is 0.768. The Bertz CT molecular complexity index is 458. The summed E-state index contributed by atoms with van der Waals surface area (Å²) in [5.41, 5.74) is 5.62. The molecule has 0 bridgehead atoms. The smallest absolute Gasteiger partial charge is 0.273 e. The Labute approximate surface area is 105 Å². The van der Waals surface area contributed by atoms with Crippen LogP contribution in [0.5, 0.6) is 0 Å². The maximum Gasteiger partial charge on any atom is 0.273 e. The molecule has 0 aliphatic carbocycles. The van der Waals surface area contributed by atoms with Crippen molar-refractivity contribution in [3.8, 4) is 0 Å². The lowest BCUT2D eigenvalue weighted by molar-refractivity contribution is -0.385. The second-order valence-electron chi connectivity index (χ2n) is 3.57. The normalized spacial score (nSPS) is 10.5. The van der Waals surface area contributed by atoms with E-state index >= 15 is 0 Å². The molecule has 18 heavy (non-hydrogen) atoms. The maximum atomic E-state index is 11.6. The summed E-state index contributed by atoms with van der Waals surface area (Å²) in [5, 5.41) is 13.4. The Morgan fingerprint density at radius 1 is 1.39 bits per heavy atom. The van der Waals surface area contributed by atoms with Gasteiger partial charge in [-0.1, -0.05) is 30.4 Å². The van der Waals surface area contributed by atoms with Crippen LogP contribution in [0.25, 0.3) is 0 Å². The standard InChI is InChI=1S/C12H15N3O3/c13-7-3-4-8-14-12(16)9-10-5-1-2-6-11(10)15(17)18/h1-6H,7-9,13H2,(H,14,16)/b4-3+. The number of hydrogen-bond acceptors (Lipinski definition) is 4. The number of amides is 1. The maximum absolute atomic E-state index is 11.6. The van der Waals surface area contributed by atoms with E-state index in [1.807, 2.05) is 0 Å². The van der Waals surface area contributed by atoms with E-state index in [1.165, 1.54) is 6.07 Å². The Kier molecular flexibility index (Phi) is 5.53. The van der Waals surface area contributed by atoms with Crippen LogP contribution in [0.15, 0.2) is 36.4 Å². The average molecular weight is 249 g/mol. The van der Waals surface area contributed by atoms with Crippen molar-refractivity contribution in [1.29, 1.82) is 0 Å². The number of nitrogens with one attached hydrogen (secondary N) is 1. The van der Waals surface area contributed by atoms with E-state index in [-0.39, 0.29) is 18.0 Å². The molecule has 0 unspecified atom stereocenters. The first kappa shape index (κ1) is 13.9. The third kappa shape index (κ3) is 4.34. The minimum absolute atomic E-state index is 0.00633. The van der Waals surface area contributed by atoms with Crippen LogP contribution in [0.1, 0.15) is 5.56 Å². The second-order valence-corrected chi connectivity index (χ2v) is 3.57. The molecule has 0 radical (unpaired) electrons. The van der Waals surface area contributed by atoms with Gasteiger partial charge in [-0.05, 0) is 0 Å². The fourth-order valence-corrected chi connectivity index (χ4v) is 1.43. The van der Waals surface area contributed by atoms with Crippen LogP contribution in [0.3, 0.4) is 0 Å². The van der Waals surface area contributed by atoms with Crippen molar-refractivity contribution >= 4 is 11.6 Å². The highest BCUT2D eigenvalue weighted by Gasteiger charge is 2.14. The fourth-order valence-electron chi connectivity index (χ4n) is 1.43. The van der Waals surface area contributed by atoms with Gasteiger partial charge in [-0.25, -0.2) is 0 Å². The van der Waals surface area contributed by atoms with Crippen molar-refractivity contribution in [2.24, 2.45) is 5.73 Å². The summed E-state index contributed by atoms with van der Waals surface area (Å²) in [6.45, 7) is 0.788. The van der Waals surface area contributed by atoms with E-state index in [9.17, 15) is 14.9 Å². The molecule has 0 saturated heterocycles. The molecule has 1 aromatic rings. The number of benzene rings is 1. The number of nitrogens with zero attached hydrogens (tertiary/aromatic N) is 1. The van der Waals surface area contributed by atoms with Gasteiger partial charge < -0.3 is 11.1 Å². The molecule has 96 valence electrons. The largest absolute Gasteiger partial charge is 0.352 e. The van der Waals surface area contributed by atoms with Gasteiger partial charge in [0, 0.05) is 24.7 Å². The number of rotatable bonds is 6. The third-order valence-electron chi connectivity index (χ3n) is 2.26. The number of para-hydroxylation sites is 1. The first-order chi connectivity index (χ1) is 8.65. The van der Waals surface area contributed by atoms with E-state index < -0.39 is 4.92 Å². The summed E-state index contributed by atoms with van der Waals surface area (Å²) >= 11 is 0. The van der Waals surface area contributed by atoms with Crippen LogP contribution in [0.2, 0.25) is 0 Å². The molecule has 0 heterocycles. The van der Waals surface area contributed by atoms with Crippen LogP contribution < -0.4 is 11.1 Å². The lowest BCUT2D eigenvalue weighted by atomic mass is 10.1. The zero-order valence-corrected chi connectivity index (χ0v) is 9.83. The van der Waals surface area contributed by atoms with Crippen LogP contribution in [-0.4, -0.2) is 23.9 Å². The van der Waals surface area contributed by atoms with Gasteiger partial charge in [-0.3, -0.25) is 14.9 Å². The van der Waals surface area contributed by atoms with Crippen molar-refractivity contribution in [2.75, 3.05) is 13.1 Å². The van der Waals surface area contributed by atoms with Crippen molar-refractivity contribution in [3.63, 3.8) is 0 Å². The van der Waals surface area contributed by atoms with E-state index in [4.69, 9.17) is 5.73 Å². The molecule has 1 rings (SSSR count). The van der Waals surface area contributed by atoms with Crippen molar-refractivity contribution in [3.05, 3.63) is 52.1 Å². The fraction of sp³-hybridized carbons (Fsp3) is 0.250. The van der Waals surface area contributed by atoms with Gasteiger partial charge in [0.1, 0.15) is 0 Å². The topological polar surface area (TPSA) is 98.3 Å². The van der Waals surface area contributed by atoms with Crippen LogP contribution >= 0.6 is 0 Å². The van der Waals surface area contributed by atoms with Gasteiger partial charge in [0.05, 0.1) is 11.3 Å². The van der Waals surface area contributed by atoms with E-state index in [0.29, 0.717) is 18.7 Å². The first-order valence-electron chi connectivity index (χ1n) is 5.49. The SMILES string of the molecule is NC/C=C/CNC(=O)Cc1ccccc1[N+](=O)[O-]. The highest BCUT2D eigenvalue weighted by atomic mass is 16.6. The van der Waals surface area contributed by atoms with Gasteiger partial charge in [-0.15, -0.1) is 0 Å². The van der Waals surface area contributed by atoms with Crippen LogP contribution in [0, 0.1) is 10.1 Å². The van der Waals surface area contributed by atoms with Crippen molar-refractivity contribution in [2.45, 2.75) is 6.42 Å². The minimum atomic E-state index is -0.489. The second kappa shape index (κ2) is 7.18. The summed E-state index contributed by atoms with van der Waals surface area (Å²) in [6.07, 6.45) is 3.45. The monoisotopic (exact) mass is 249 g/mol. The minimum Gasteiger partial charge on any atom is -0.352 e. The zero-order chi connectivity index (χ0) is 13.4. The molecule has 6 heteroatoms. The van der Waals surface area contributed by atoms with Gasteiger partial charge in [0.25, 0.3) is 5.69 Å². The highest BCUT2D eigenvalue weighted by Crippen LogP contribution is 2.17. The van der Waals surface area contributed by atoms with Crippen LogP contribution in [-0.2, 0) is 11.2 Å². The lowest BCUT2D eigenvalue weighted by Gasteiger charge is -2.03. The molecule has 0 aliphatic heterocycles. The molecular weight excluding hydrogens is 234 g/mol. The first-order valence-corrected chi connectivity index (χ1v) is 5.49. The molecule has 0 aliphatic rings. The Morgan fingerprint density at radius 2 is 2.11 bits per heavy atom. The summed E-state index contributed by atoms with van der Waals surface area (Å²) < 4.78 is 0. The lowest BCUT2D eigenvalue weighted by Crippen LogP contribution is -2.25. The Morgan fingerprint density at radius 3 is 2.78 bits per heavy atom. The summed E-state index contributed by atoms with van der Waals surface area (Å²) in [4.78, 5) is 21.8. The van der Waals surface area contributed by atoms with Gasteiger partial charge in [-0.2, -0.15) is 0 Å². The van der Waals surface area contributed by atoms with Crippen LogP contribution in [0.4, 0.5) is 5.69 Å². The molecule has 0 fully saturated rings. The van der Waals surface area contributed by atoms with E-state index in [0.717, 1.165) is 0 Å². The number of carbonyl (C=O) groups excluding carboxylic acids is 1. The molecular formula is C12H15N3O3. The molecule has 0 spiro atoms. The summed E-state index contributed by atoms with van der Waals surface area (Å²) in [5.74, 6) is -0.258. The molecule has 3 N–H and O–H groups in total. The van der Waals surface area contributed by atoms with E-state index in [1.54, 1.807) is 30.4 Å². The number of nitro benzene ring substituents is 1. The average Bonchev–Trinajstić information content (AvgIpc) is 2.35. The van der Waals surface area contributed by atoms with Gasteiger partial charge >= 0.3 is 0 Å². The van der Waals surface area contributed by atoms with Gasteiger partial charge in [0.15, 0.2) is 0 Å². The van der Waals surface area contributed by atoms with Crippen molar-refractivity contribution in [1.82, 2.24) is 5.32 Å². The number of carbonyl (C=O) groups is 1. The number of nitrogens with two attached hydrogens (primary N) is 1. The third-order valence-corrected chi connectivity index (χ3v) is 2.26. The molecule has 6 nitrogen and oxygen atoms in total. The molecule has 1 amide bonds. The molecule has 0 atom stereocenters. The number of nitro groups is 1. The number of hydrogen-bond donors (Lipinski definition) is 2. The summed E-state index contributed by atoms with van der Waals surface area (Å²) in [7, 11) is 0. The van der Waals surface area contributed by atoms with Crippen molar-refractivity contribution < 1.29 is 9.72 Å². The quantitative estimate of drug-likeness (QED) is 0.442. The predicted molar refractivity (Wildman–Crippen MR) is 68.0 cm³/mol. The zero-order valence-electron chi connectivity index (χ0n) is 9.83. The molecule has 1 aromatic carbocycles. The van der Waals surface area contributed by atoms with E-state index in [2.05, 4.69) is 5.32 Å². The van der Waals surface area contributed by atoms with Gasteiger partial charge in [0.2, 0.25) is 5.91 Å². The Hall–Kier alpha value is -2.21. The molecule has 0 aromatic heterocycles. The summed E-state index contributed by atoms with van der Waals surface area (Å²) in [6, 6.07) is 6.21. The Balaban J connectivity index is 2.59. The molecule has 0 saturated carbocycles. The highest BCUT2D eigenvalue weighted by molar-refractivity contribution is 5.79.